The van der Waals surface area contributed by atoms with Crippen molar-refractivity contribution >= 4 is 34.3 Å². The van der Waals surface area contributed by atoms with Gasteiger partial charge < -0.3 is 4.90 Å². The highest BCUT2D eigenvalue weighted by Crippen LogP contribution is 2.22. The van der Waals surface area contributed by atoms with Crippen molar-refractivity contribution in [2.75, 3.05) is 38.5 Å². The SMILES string of the molecule is C=CCn1c(=O)c2ccccc2n2c(SCC(=O)N3CCN(CCc4ccccc4)CC3)nnc12. The highest BCUT2D eigenvalue weighted by molar-refractivity contribution is 7.99. The minimum atomic E-state index is -0.127. The average molecular weight is 489 g/mol. The van der Waals surface area contributed by atoms with E-state index in [4.69, 9.17) is 0 Å². The summed E-state index contributed by atoms with van der Waals surface area (Å²) in [5, 5.41) is 9.77. The van der Waals surface area contributed by atoms with Gasteiger partial charge in [0.1, 0.15) is 0 Å². The number of hydrogen-bond donors (Lipinski definition) is 0. The molecule has 0 radical (unpaired) electrons. The van der Waals surface area contributed by atoms with Gasteiger partial charge in [0.05, 0.1) is 16.7 Å². The van der Waals surface area contributed by atoms with Gasteiger partial charge in [-0.15, -0.1) is 16.8 Å². The molecule has 5 rings (SSSR count). The van der Waals surface area contributed by atoms with Crippen LogP contribution >= 0.6 is 11.8 Å². The lowest BCUT2D eigenvalue weighted by atomic mass is 10.1. The van der Waals surface area contributed by atoms with E-state index in [0.29, 0.717) is 22.9 Å². The summed E-state index contributed by atoms with van der Waals surface area (Å²) in [5.41, 5.74) is 1.95. The normalized spacial score (nSPS) is 14.6. The van der Waals surface area contributed by atoms with Gasteiger partial charge in [-0.05, 0) is 24.1 Å². The number of aromatic nitrogens is 4. The van der Waals surface area contributed by atoms with Crippen LogP contribution in [0, 0.1) is 0 Å². The van der Waals surface area contributed by atoms with Crippen molar-refractivity contribution in [3.63, 3.8) is 0 Å². The first-order chi connectivity index (χ1) is 17.2. The number of hydrogen-bond acceptors (Lipinski definition) is 6. The van der Waals surface area contributed by atoms with Gasteiger partial charge in [-0.25, -0.2) is 0 Å². The van der Waals surface area contributed by atoms with Crippen LogP contribution in [0.5, 0.6) is 0 Å². The molecule has 180 valence electrons. The molecular formula is C26H28N6O2S. The zero-order chi connectivity index (χ0) is 24.2. The summed E-state index contributed by atoms with van der Waals surface area (Å²) < 4.78 is 3.42. The summed E-state index contributed by atoms with van der Waals surface area (Å²) in [5.74, 6) is 0.827. The maximum absolute atomic E-state index is 13.0. The summed E-state index contributed by atoms with van der Waals surface area (Å²) in [6.07, 6.45) is 2.69. The van der Waals surface area contributed by atoms with Crippen molar-refractivity contribution in [2.24, 2.45) is 0 Å². The van der Waals surface area contributed by atoms with Crippen LogP contribution in [0.3, 0.4) is 0 Å². The Hall–Kier alpha value is -3.43. The smallest absolute Gasteiger partial charge is 0.263 e. The third kappa shape index (κ3) is 4.87. The fourth-order valence-electron chi connectivity index (χ4n) is 4.49. The zero-order valence-electron chi connectivity index (χ0n) is 19.5. The largest absolute Gasteiger partial charge is 0.339 e. The van der Waals surface area contributed by atoms with Gasteiger partial charge >= 0.3 is 0 Å². The summed E-state index contributed by atoms with van der Waals surface area (Å²) in [6, 6.07) is 17.9. The van der Waals surface area contributed by atoms with Gasteiger partial charge in [0.15, 0.2) is 5.16 Å². The third-order valence-corrected chi connectivity index (χ3v) is 7.31. The molecule has 9 heteroatoms. The molecule has 1 saturated heterocycles. The van der Waals surface area contributed by atoms with E-state index in [0.717, 1.165) is 44.7 Å². The highest BCUT2D eigenvalue weighted by Gasteiger charge is 2.22. The summed E-state index contributed by atoms with van der Waals surface area (Å²) in [4.78, 5) is 30.2. The van der Waals surface area contributed by atoms with Crippen LogP contribution in [-0.4, -0.2) is 73.3 Å². The van der Waals surface area contributed by atoms with E-state index in [-0.39, 0.29) is 17.2 Å². The quantitative estimate of drug-likeness (QED) is 0.280. The van der Waals surface area contributed by atoms with Crippen LogP contribution in [0.15, 0.2) is 77.2 Å². The number of carbonyl (C=O) groups excluding carboxylic acids is 1. The molecule has 0 unspecified atom stereocenters. The predicted molar refractivity (Wildman–Crippen MR) is 139 cm³/mol. The van der Waals surface area contributed by atoms with E-state index in [2.05, 4.69) is 45.9 Å². The molecule has 35 heavy (non-hydrogen) atoms. The molecule has 2 aromatic heterocycles. The summed E-state index contributed by atoms with van der Waals surface area (Å²) in [7, 11) is 0. The summed E-state index contributed by atoms with van der Waals surface area (Å²) in [6.45, 7) is 8.34. The molecule has 1 aliphatic rings. The lowest BCUT2D eigenvalue weighted by Crippen LogP contribution is -2.49. The predicted octanol–water partition coefficient (Wildman–Crippen LogP) is 2.71. The Bertz CT molecular complexity index is 1410. The average Bonchev–Trinajstić information content (AvgIpc) is 3.33. The Labute approximate surface area is 207 Å². The van der Waals surface area contributed by atoms with E-state index in [9.17, 15) is 9.59 Å². The van der Waals surface area contributed by atoms with Gasteiger partial charge in [0.2, 0.25) is 11.7 Å². The van der Waals surface area contributed by atoms with Crippen LogP contribution in [0.1, 0.15) is 5.56 Å². The monoisotopic (exact) mass is 488 g/mol. The first kappa shape index (κ1) is 23.3. The number of fused-ring (bicyclic) bond motifs is 3. The molecule has 1 amide bonds. The first-order valence-corrected chi connectivity index (χ1v) is 12.8. The second-order valence-electron chi connectivity index (χ2n) is 8.59. The van der Waals surface area contributed by atoms with Crippen molar-refractivity contribution in [1.82, 2.24) is 29.0 Å². The number of amides is 1. The fraction of sp³-hybridized carbons (Fsp3) is 0.308. The van der Waals surface area contributed by atoms with E-state index in [1.165, 1.54) is 17.3 Å². The van der Waals surface area contributed by atoms with Gasteiger partial charge in [-0.1, -0.05) is 60.3 Å². The lowest BCUT2D eigenvalue weighted by Gasteiger charge is -2.34. The van der Waals surface area contributed by atoms with Gasteiger partial charge in [-0.3, -0.25) is 23.5 Å². The second-order valence-corrected chi connectivity index (χ2v) is 9.53. The van der Waals surface area contributed by atoms with E-state index in [1.807, 2.05) is 33.6 Å². The van der Waals surface area contributed by atoms with Crippen LogP contribution in [-0.2, 0) is 17.8 Å². The molecule has 3 heterocycles. The standard InChI is InChI=1S/C26H28N6O2S/c1-2-13-31-24(34)21-10-6-7-11-22(21)32-25(31)27-28-26(32)35-19-23(33)30-17-15-29(16-18-30)14-12-20-8-4-3-5-9-20/h2-11H,1,12-19H2. The highest BCUT2D eigenvalue weighted by atomic mass is 32.2. The zero-order valence-corrected chi connectivity index (χ0v) is 20.4. The molecule has 8 nitrogen and oxygen atoms in total. The Morgan fingerprint density at radius 1 is 1.00 bits per heavy atom. The van der Waals surface area contributed by atoms with Crippen molar-refractivity contribution in [3.05, 3.63) is 83.2 Å². The third-order valence-electron chi connectivity index (χ3n) is 6.40. The topological polar surface area (TPSA) is 75.7 Å². The second kappa shape index (κ2) is 10.5. The van der Waals surface area contributed by atoms with E-state index >= 15 is 0 Å². The molecular weight excluding hydrogens is 460 g/mol. The Morgan fingerprint density at radius 2 is 1.74 bits per heavy atom. The van der Waals surface area contributed by atoms with Crippen LogP contribution < -0.4 is 5.56 Å². The number of benzene rings is 2. The molecule has 0 bridgehead atoms. The molecule has 4 aromatic rings. The van der Waals surface area contributed by atoms with Crippen molar-refractivity contribution < 1.29 is 4.79 Å². The van der Waals surface area contributed by atoms with Gasteiger partial charge in [0.25, 0.3) is 5.56 Å². The van der Waals surface area contributed by atoms with E-state index < -0.39 is 0 Å². The fourth-order valence-corrected chi connectivity index (χ4v) is 5.33. The Balaban J connectivity index is 1.24. The number of nitrogens with zero attached hydrogens (tertiary/aromatic N) is 6. The van der Waals surface area contributed by atoms with Crippen molar-refractivity contribution in [2.45, 2.75) is 18.1 Å². The van der Waals surface area contributed by atoms with Crippen LogP contribution in [0.4, 0.5) is 0 Å². The molecule has 0 spiro atoms. The number of allylic oxidation sites excluding steroid dienone is 1. The van der Waals surface area contributed by atoms with Crippen LogP contribution in [0.2, 0.25) is 0 Å². The maximum Gasteiger partial charge on any atom is 0.263 e. The number of piperazine rings is 1. The Kier molecular flexibility index (Phi) is 6.96. The van der Waals surface area contributed by atoms with Crippen molar-refractivity contribution in [1.29, 1.82) is 0 Å². The lowest BCUT2D eigenvalue weighted by molar-refractivity contribution is -0.130. The number of thioether (sulfide) groups is 1. The van der Waals surface area contributed by atoms with E-state index in [1.54, 1.807) is 16.7 Å². The molecule has 0 saturated carbocycles. The minimum Gasteiger partial charge on any atom is -0.339 e. The molecule has 1 aliphatic heterocycles. The van der Waals surface area contributed by atoms with Crippen molar-refractivity contribution in [3.8, 4) is 0 Å². The number of carbonyl (C=O) groups is 1. The number of para-hydroxylation sites is 1. The first-order valence-electron chi connectivity index (χ1n) is 11.8. The van der Waals surface area contributed by atoms with Gasteiger partial charge in [0, 0.05) is 39.3 Å². The maximum atomic E-state index is 13.0. The number of rotatable bonds is 8. The van der Waals surface area contributed by atoms with Gasteiger partial charge in [-0.2, -0.15) is 0 Å². The molecule has 0 N–H and O–H groups in total. The molecule has 0 atom stereocenters. The minimum absolute atomic E-state index is 0.0955. The van der Waals surface area contributed by atoms with Crippen LogP contribution in [0.25, 0.3) is 16.7 Å². The Morgan fingerprint density at radius 3 is 2.51 bits per heavy atom. The summed E-state index contributed by atoms with van der Waals surface area (Å²) >= 11 is 1.36. The molecule has 1 fully saturated rings. The molecule has 0 aliphatic carbocycles. The molecule has 2 aromatic carbocycles.